The van der Waals surface area contributed by atoms with Crippen molar-refractivity contribution >= 4 is 33.7 Å². The predicted octanol–water partition coefficient (Wildman–Crippen LogP) is 3.40. The molecule has 2 atom stereocenters. The number of esters is 1. The van der Waals surface area contributed by atoms with Gasteiger partial charge < -0.3 is 4.74 Å². The molecule has 1 aliphatic carbocycles. The van der Waals surface area contributed by atoms with Crippen LogP contribution in [-0.2, 0) is 9.53 Å². The molecule has 116 valence electrons. The zero-order valence-corrected chi connectivity index (χ0v) is 15.0. The van der Waals surface area contributed by atoms with Crippen LogP contribution in [0.5, 0.6) is 0 Å². The maximum Gasteiger partial charge on any atom is 0.326 e. The van der Waals surface area contributed by atoms with E-state index in [0.29, 0.717) is 5.25 Å². The van der Waals surface area contributed by atoms with Crippen molar-refractivity contribution < 1.29 is 9.53 Å². The average molecular weight is 373 g/mol. The molecule has 4 nitrogen and oxygen atoms in total. The maximum atomic E-state index is 12.2. The molecular weight excluding hydrogens is 352 g/mol. The number of methoxy groups -OCH3 is 1. The Bertz CT molecular complexity index is 512. The van der Waals surface area contributed by atoms with Gasteiger partial charge in [0, 0.05) is 22.0 Å². The van der Waals surface area contributed by atoms with Crippen LogP contribution in [-0.4, -0.2) is 34.9 Å². The van der Waals surface area contributed by atoms with E-state index in [-0.39, 0.29) is 12.0 Å². The van der Waals surface area contributed by atoms with Gasteiger partial charge in [-0.25, -0.2) is 4.98 Å². The standard InChI is InChI=1S/C15H21BrN2O2S/c1-10(2)18-15(14(19)20-3)7-6-11(9-15)21-13-12(16)5-4-8-17-13/h4-5,8,10-11,18H,6-7,9H2,1-3H3. The van der Waals surface area contributed by atoms with Gasteiger partial charge in [-0.2, -0.15) is 0 Å². The molecule has 1 N–H and O–H groups in total. The first-order chi connectivity index (χ1) is 9.97. The van der Waals surface area contributed by atoms with E-state index in [1.165, 1.54) is 7.11 Å². The summed E-state index contributed by atoms with van der Waals surface area (Å²) in [6.45, 7) is 4.11. The summed E-state index contributed by atoms with van der Waals surface area (Å²) < 4.78 is 6.03. The quantitative estimate of drug-likeness (QED) is 0.802. The summed E-state index contributed by atoms with van der Waals surface area (Å²) >= 11 is 5.25. The first-order valence-corrected chi connectivity index (χ1v) is 8.77. The molecule has 1 aromatic rings. The van der Waals surface area contributed by atoms with E-state index < -0.39 is 5.54 Å². The Hall–Kier alpha value is -0.590. The number of halogens is 1. The fraction of sp³-hybridized carbons (Fsp3) is 0.600. The van der Waals surface area contributed by atoms with E-state index in [1.807, 2.05) is 12.1 Å². The smallest absolute Gasteiger partial charge is 0.326 e. The van der Waals surface area contributed by atoms with Crippen LogP contribution < -0.4 is 5.32 Å². The topological polar surface area (TPSA) is 51.2 Å². The van der Waals surface area contributed by atoms with Crippen molar-refractivity contribution in [1.29, 1.82) is 0 Å². The highest BCUT2D eigenvalue weighted by Crippen LogP contribution is 2.42. The van der Waals surface area contributed by atoms with Crippen molar-refractivity contribution in [1.82, 2.24) is 10.3 Å². The number of nitrogens with zero attached hydrogens (tertiary/aromatic N) is 1. The molecule has 1 saturated carbocycles. The van der Waals surface area contributed by atoms with Crippen LogP contribution in [0.2, 0.25) is 0 Å². The molecule has 0 aliphatic heterocycles. The summed E-state index contributed by atoms with van der Waals surface area (Å²) in [6.07, 6.45) is 4.34. The van der Waals surface area contributed by atoms with Crippen LogP contribution in [0.15, 0.2) is 27.8 Å². The van der Waals surface area contributed by atoms with Gasteiger partial charge in [0.2, 0.25) is 0 Å². The first kappa shape index (κ1) is 16.8. The van der Waals surface area contributed by atoms with Crippen molar-refractivity contribution in [2.24, 2.45) is 0 Å². The van der Waals surface area contributed by atoms with Gasteiger partial charge >= 0.3 is 5.97 Å². The molecular formula is C15H21BrN2O2S. The van der Waals surface area contributed by atoms with Gasteiger partial charge in [-0.3, -0.25) is 10.1 Å². The average Bonchev–Trinajstić information content (AvgIpc) is 2.84. The summed E-state index contributed by atoms with van der Waals surface area (Å²) in [5, 5.41) is 4.76. The van der Waals surface area contributed by atoms with Gasteiger partial charge in [-0.05, 0) is 61.2 Å². The Morgan fingerprint density at radius 2 is 2.38 bits per heavy atom. The predicted molar refractivity (Wildman–Crippen MR) is 88.5 cm³/mol. The lowest BCUT2D eigenvalue weighted by atomic mass is 9.97. The zero-order valence-electron chi connectivity index (χ0n) is 12.6. The summed E-state index contributed by atoms with van der Waals surface area (Å²) in [4.78, 5) is 16.6. The van der Waals surface area contributed by atoms with Gasteiger partial charge in [0.1, 0.15) is 10.6 Å². The largest absolute Gasteiger partial charge is 0.468 e. The van der Waals surface area contributed by atoms with Gasteiger partial charge in [0.25, 0.3) is 0 Å². The third-order valence-corrected chi connectivity index (χ3v) is 5.80. The van der Waals surface area contributed by atoms with Crippen molar-refractivity contribution in [3.05, 3.63) is 22.8 Å². The summed E-state index contributed by atoms with van der Waals surface area (Å²) in [5.74, 6) is -0.153. The van der Waals surface area contributed by atoms with Crippen LogP contribution in [0.25, 0.3) is 0 Å². The monoisotopic (exact) mass is 372 g/mol. The Labute approximate surface area is 138 Å². The number of rotatable bonds is 5. The van der Waals surface area contributed by atoms with Crippen molar-refractivity contribution in [2.75, 3.05) is 7.11 Å². The van der Waals surface area contributed by atoms with Gasteiger partial charge in [-0.1, -0.05) is 0 Å². The molecule has 0 spiro atoms. The van der Waals surface area contributed by atoms with Crippen LogP contribution in [0, 0.1) is 0 Å². The molecule has 1 aliphatic rings. The molecule has 0 amide bonds. The lowest BCUT2D eigenvalue weighted by Crippen LogP contribution is -2.53. The molecule has 1 fully saturated rings. The van der Waals surface area contributed by atoms with E-state index >= 15 is 0 Å². The van der Waals surface area contributed by atoms with E-state index in [2.05, 4.69) is 40.1 Å². The molecule has 0 radical (unpaired) electrons. The molecule has 0 aromatic carbocycles. The second-order valence-corrected chi connectivity index (χ2v) is 7.79. The molecule has 6 heteroatoms. The Kier molecular flexibility index (Phi) is 5.68. The van der Waals surface area contributed by atoms with Crippen LogP contribution in [0.4, 0.5) is 0 Å². The van der Waals surface area contributed by atoms with Gasteiger partial charge in [0.15, 0.2) is 0 Å². The highest BCUT2D eigenvalue weighted by atomic mass is 79.9. The number of carbonyl (C=O) groups is 1. The van der Waals surface area contributed by atoms with Crippen molar-refractivity contribution in [2.45, 2.75) is 55.0 Å². The Morgan fingerprint density at radius 1 is 1.62 bits per heavy atom. The zero-order chi connectivity index (χ0) is 15.5. The fourth-order valence-corrected chi connectivity index (χ4v) is 4.60. The van der Waals surface area contributed by atoms with Crippen LogP contribution in [0.1, 0.15) is 33.1 Å². The highest BCUT2D eigenvalue weighted by Gasteiger charge is 2.46. The van der Waals surface area contributed by atoms with Crippen molar-refractivity contribution in [3.63, 3.8) is 0 Å². The molecule has 2 rings (SSSR count). The lowest BCUT2D eigenvalue weighted by molar-refractivity contribution is -0.148. The summed E-state index contributed by atoms with van der Waals surface area (Å²) in [5.41, 5.74) is -0.554. The third-order valence-electron chi connectivity index (χ3n) is 3.61. The number of thioether (sulfide) groups is 1. The van der Waals surface area contributed by atoms with Crippen LogP contribution >= 0.6 is 27.7 Å². The van der Waals surface area contributed by atoms with Gasteiger partial charge in [-0.15, -0.1) is 11.8 Å². The van der Waals surface area contributed by atoms with E-state index in [9.17, 15) is 4.79 Å². The Balaban J connectivity index is 2.09. The number of carbonyl (C=O) groups excluding carboxylic acids is 1. The molecule has 0 bridgehead atoms. The highest BCUT2D eigenvalue weighted by molar-refractivity contribution is 9.10. The minimum Gasteiger partial charge on any atom is -0.468 e. The number of pyridine rings is 1. The SMILES string of the molecule is COC(=O)C1(NC(C)C)CCC(Sc2ncccc2Br)C1. The van der Waals surface area contributed by atoms with Crippen LogP contribution in [0.3, 0.4) is 0 Å². The number of aromatic nitrogens is 1. The first-order valence-electron chi connectivity index (χ1n) is 7.10. The minimum absolute atomic E-state index is 0.153. The second-order valence-electron chi connectivity index (χ2n) is 5.65. The number of nitrogens with one attached hydrogen (secondary N) is 1. The normalized spacial score (nSPS) is 25.3. The Morgan fingerprint density at radius 3 is 3.00 bits per heavy atom. The van der Waals surface area contributed by atoms with Gasteiger partial charge in [0.05, 0.1) is 7.11 Å². The summed E-state index contributed by atoms with van der Waals surface area (Å²) in [6, 6.07) is 4.14. The van der Waals surface area contributed by atoms with E-state index in [4.69, 9.17) is 4.74 Å². The second kappa shape index (κ2) is 7.11. The maximum absolute atomic E-state index is 12.2. The van der Waals surface area contributed by atoms with E-state index in [1.54, 1.807) is 18.0 Å². The molecule has 2 unspecified atom stereocenters. The molecule has 1 heterocycles. The fourth-order valence-electron chi connectivity index (χ4n) is 2.84. The molecule has 1 aromatic heterocycles. The number of hydrogen-bond donors (Lipinski definition) is 1. The molecule has 21 heavy (non-hydrogen) atoms. The van der Waals surface area contributed by atoms with Crippen molar-refractivity contribution in [3.8, 4) is 0 Å². The third kappa shape index (κ3) is 3.99. The van der Waals surface area contributed by atoms with E-state index in [0.717, 1.165) is 28.8 Å². The minimum atomic E-state index is -0.554. The number of ether oxygens (including phenoxy) is 1. The molecule has 0 saturated heterocycles. The summed E-state index contributed by atoms with van der Waals surface area (Å²) in [7, 11) is 1.46. The lowest BCUT2D eigenvalue weighted by Gasteiger charge is -2.30. The number of hydrogen-bond acceptors (Lipinski definition) is 5.